The Morgan fingerprint density at radius 1 is 1.58 bits per heavy atom. The van der Waals surface area contributed by atoms with E-state index in [1.807, 2.05) is 6.08 Å². The lowest BCUT2D eigenvalue weighted by molar-refractivity contribution is 0.175. The standard InChI is InChI=1S/C10H21NO/c1-4-7-11-9-10(5-2)6-8-12-3/h4,10-11H,1,5-9H2,2-3H3/t10-/m1/s1. The van der Waals surface area contributed by atoms with E-state index in [0.717, 1.165) is 32.0 Å². The molecule has 0 heterocycles. The van der Waals surface area contributed by atoms with Crippen molar-refractivity contribution in [3.05, 3.63) is 12.7 Å². The van der Waals surface area contributed by atoms with Crippen LogP contribution >= 0.6 is 0 Å². The Morgan fingerprint density at radius 3 is 2.83 bits per heavy atom. The molecular formula is C10H21NO. The van der Waals surface area contributed by atoms with E-state index in [-0.39, 0.29) is 0 Å². The molecule has 0 fully saturated rings. The maximum atomic E-state index is 5.03. The molecule has 0 saturated carbocycles. The third kappa shape index (κ3) is 6.38. The fraction of sp³-hybridized carbons (Fsp3) is 0.800. The monoisotopic (exact) mass is 171 g/mol. The number of rotatable bonds is 8. The SMILES string of the molecule is C=CCNC[C@H](CC)CCOC. The highest BCUT2D eigenvalue weighted by Gasteiger charge is 2.03. The Kier molecular flexibility index (Phi) is 8.51. The van der Waals surface area contributed by atoms with Gasteiger partial charge in [0, 0.05) is 20.3 Å². The van der Waals surface area contributed by atoms with Crippen LogP contribution in [-0.4, -0.2) is 26.8 Å². The summed E-state index contributed by atoms with van der Waals surface area (Å²) in [6.07, 6.45) is 4.26. The van der Waals surface area contributed by atoms with E-state index in [1.165, 1.54) is 6.42 Å². The first-order valence-corrected chi connectivity index (χ1v) is 4.65. The molecule has 0 spiro atoms. The number of nitrogens with one attached hydrogen (secondary N) is 1. The summed E-state index contributed by atoms with van der Waals surface area (Å²) in [4.78, 5) is 0. The average molecular weight is 171 g/mol. The first-order chi connectivity index (χ1) is 5.85. The van der Waals surface area contributed by atoms with Gasteiger partial charge in [-0.25, -0.2) is 0 Å². The molecule has 1 atom stereocenters. The third-order valence-electron chi connectivity index (χ3n) is 2.03. The molecule has 0 saturated heterocycles. The van der Waals surface area contributed by atoms with Crippen LogP contribution in [-0.2, 0) is 4.74 Å². The van der Waals surface area contributed by atoms with Crippen molar-refractivity contribution in [2.45, 2.75) is 19.8 Å². The summed E-state index contributed by atoms with van der Waals surface area (Å²) >= 11 is 0. The second-order valence-corrected chi connectivity index (χ2v) is 3.00. The first kappa shape index (κ1) is 11.7. The van der Waals surface area contributed by atoms with Gasteiger partial charge in [0.15, 0.2) is 0 Å². The zero-order chi connectivity index (χ0) is 9.23. The number of hydrogen-bond donors (Lipinski definition) is 1. The Bertz CT molecular complexity index is 104. The predicted octanol–water partition coefficient (Wildman–Crippen LogP) is 1.82. The summed E-state index contributed by atoms with van der Waals surface area (Å²) < 4.78 is 5.03. The summed E-state index contributed by atoms with van der Waals surface area (Å²) in [5, 5.41) is 3.32. The van der Waals surface area contributed by atoms with Crippen LogP contribution in [0.1, 0.15) is 19.8 Å². The molecule has 0 unspecified atom stereocenters. The van der Waals surface area contributed by atoms with E-state index in [2.05, 4.69) is 18.8 Å². The maximum Gasteiger partial charge on any atom is 0.0465 e. The van der Waals surface area contributed by atoms with Crippen molar-refractivity contribution in [1.82, 2.24) is 5.32 Å². The Labute approximate surface area is 76.0 Å². The Morgan fingerprint density at radius 2 is 2.33 bits per heavy atom. The average Bonchev–Trinajstić information content (AvgIpc) is 2.11. The normalized spacial score (nSPS) is 12.8. The largest absolute Gasteiger partial charge is 0.385 e. The predicted molar refractivity (Wildman–Crippen MR) is 53.3 cm³/mol. The summed E-state index contributed by atoms with van der Waals surface area (Å²) in [7, 11) is 1.75. The molecule has 12 heavy (non-hydrogen) atoms. The summed E-state index contributed by atoms with van der Waals surface area (Å²) in [6, 6.07) is 0. The van der Waals surface area contributed by atoms with Crippen LogP contribution in [0.5, 0.6) is 0 Å². The van der Waals surface area contributed by atoms with Gasteiger partial charge in [-0.1, -0.05) is 19.4 Å². The zero-order valence-electron chi connectivity index (χ0n) is 8.31. The lowest BCUT2D eigenvalue weighted by Crippen LogP contribution is -2.23. The number of ether oxygens (including phenoxy) is 1. The minimum atomic E-state index is 0.741. The molecule has 0 aromatic carbocycles. The van der Waals surface area contributed by atoms with Gasteiger partial charge < -0.3 is 10.1 Å². The van der Waals surface area contributed by atoms with Gasteiger partial charge in [-0.05, 0) is 18.9 Å². The summed E-state index contributed by atoms with van der Waals surface area (Å²) in [6.45, 7) is 8.73. The molecule has 0 aliphatic carbocycles. The third-order valence-corrected chi connectivity index (χ3v) is 2.03. The van der Waals surface area contributed by atoms with Gasteiger partial charge in [0.2, 0.25) is 0 Å². The van der Waals surface area contributed by atoms with Crippen LogP contribution in [0, 0.1) is 5.92 Å². The highest BCUT2D eigenvalue weighted by atomic mass is 16.5. The molecule has 0 bridgehead atoms. The van der Waals surface area contributed by atoms with E-state index >= 15 is 0 Å². The molecule has 0 aromatic heterocycles. The topological polar surface area (TPSA) is 21.3 Å². The lowest BCUT2D eigenvalue weighted by atomic mass is 10.0. The minimum Gasteiger partial charge on any atom is -0.385 e. The smallest absolute Gasteiger partial charge is 0.0465 e. The van der Waals surface area contributed by atoms with E-state index in [1.54, 1.807) is 7.11 Å². The minimum absolute atomic E-state index is 0.741. The van der Waals surface area contributed by atoms with Gasteiger partial charge in [0.25, 0.3) is 0 Å². The number of methoxy groups -OCH3 is 1. The fourth-order valence-corrected chi connectivity index (χ4v) is 1.12. The van der Waals surface area contributed by atoms with Crippen LogP contribution in [0.15, 0.2) is 12.7 Å². The lowest BCUT2D eigenvalue weighted by Gasteiger charge is -2.13. The van der Waals surface area contributed by atoms with Crippen LogP contribution in [0.2, 0.25) is 0 Å². The van der Waals surface area contributed by atoms with Gasteiger partial charge in [-0.2, -0.15) is 0 Å². The second-order valence-electron chi connectivity index (χ2n) is 3.00. The van der Waals surface area contributed by atoms with E-state index in [9.17, 15) is 0 Å². The van der Waals surface area contributed by atoms with Crippen molar-refractivity contribution < 1.29 is 4.74 Å². The highest BCUT2D eigenvalue weighted by Crippen LogP contribution is 2.06. The first-order valence-electron chi connectivity index (χ1n) is 4.65. The van der Waals surface area contributed by atoms with Gasteiger partial charge in [0.05, 0.1) is 0 Å². The summed E-state index contributed by atoms with van der Waals surface area (Å²) in [5.74, 6) is 0.741. The van der Waals surface area contributed by atoms with Gasteiger partial charge >= 0.3 is 0 Å². The molecule has 0 aromatic rings. The van der Waals surface area contributed by atoms with Gasteiger partial charge in [-0.15, -0.1) is 6.58 Å². The second kappa shape index (κ2) is 8.75. The molecule has 0 aliphatic rings. The van der Waals surface area contributed by atoms with Crippen LogP contribution < -0.4 is 5.32 Å². The number of hydrogen-bond acceptors (Lipinski definition) is 2. The van der Waals surface area contributed by atoms with Crippen LogP contribution in [0.3, 0.4) is 0 Å². The fourth-order valence-electron chi connectivity index (χ4n) is 1.12. The van der Waals surface area contributed by atoms with Gasteiger partial charge in [0.1, 0.15) is 0 Å². The Balaban J connectivity index is 3.32. The molecule has 2 nitrogen and oxygen atoms in total. The molecule has 0 amide bonds. The molecule has 0 rings (SSSR count). The van der Waals surface area contributed by atoms with E-state index < -0.39 is 0 Å². The molecule has 0 aliphatic heterocycles. The molecule has 72 valence electrons. The van der Waals surface area contributed by atoms with Crippen molar-refractivity contribution in [1.29, 1.82) is 0 Å². The van der Waals surface area contributed by atoms with Crippen molar-refractivity contribution in [2.24, 2.45) is 5.92 Å². The van der Waals surface area contributed by atoms with E-state index in [0.29, 0.717) is 0 Å². The highest BCUT2D eigenvalue weighted by molar-refractivity contribution is 4.71. The van der Waals surface area contributed by atoms with E-state index in [4.69, 9.17) is 4.74 Å². The molecular weight excluding hydrogens is 150 g/mol. The van der Waals surface area contributed by atoms with Crippen molar-refractivity contribution in [3.8, 4) is 0 Å². The zero-order valence-corrected chi connectivity index (χ0v) is 8.31. The summed E-state index contributed by atoms with van der Waals surface area (Å²) in [5.41, 5.74) is 0. The van der Waals surface area contributed by atoms with Crippen LogP contribution in [0.4, 0.5) is 0 Å². The van der Waals surface area contributed by atoms with Crippen molar-refractivity contribution in [2.75, 3.05) is 26.8 Å². The molecule has 1 N–H and O–H groups in total. The van der Waals surface area contributed by atoms with Gasteiger partial charge in [-0.3, -0.25) is 0 Å². The molecule has 0 radical (unpaired) electrons. The maximum absolute atomic E-state index is 5.03. The molecule has 2 heteroatoms. The van der Waals surface area contributed by atoms with Crippen LogP contribution in [0.25, 0.3) is 0 Å². The Hall–Kier alpha value is -0.340. The van der Waals surface area contributed by atoms with Crippen molar-refractivity contribution in [3.63, 3.8) is 0 Å². The van der Waals surface area contributed by atoms with Crippen molar-refractivity contribution >= 4 is 0 Å². The quantitative estimate of drug-likeness (QED) is 0.444.